The van der Waals surface area contributed by atoms with Gasteiger partial charge in [-0.2, -0.15) is 0 Å². The van der Waals surface area contributed by atoms with E-state index in [1.165, 1.54) is 87.6 Å². The number of fused-ring (bicyclic) bond motifs is 14. The summed E-state index contributed by atoms with van der Waals surface area (Å²) in [4.78, 5) is 0. The number of para-hydroxylation sites is 3. The van der Waals surface area contributed by atoms with Crippen LogP contribution in [0.1, 0.15) is 22.3 Å². The van der Waals surface area contributed by atoms with E-state index in [0.29, 0.717) is 0 Å². The Bertz CT molecular complexity index is 2870. The molecule has 0 fully saturated rings. The molecule has 0 aliphatic carbocycles. The molecule has 1 unspecified atom stereocenters. The van der Waals surface area contributed by atoms with Gasteiger partial charge in [-0.15, -0.1) is 0 Å². The van der Waals surface area contributed by atoms with Crippen molar-refractivity contribution in [2.24, 2.45) is 0 Å². The molecule has 230 valence electrons. The fourth-order valence-corrected chi connectivity index (χ4v) is 13.5. The summed E-state index contributed by atoms with van der Waals surface area (Å²) < 4.78 is 2.54. The first kappa shape index (κ1) is 27.3. The lowest BCUT2D eigenvalue weighted by Crippen LogP contribution is -2.64. The average Bonchev–Trinajstić information content (AvgIpc) is 3.50. The molecule has 1 nitrogen and oxygen atoms in total. The van der Waals surface area contributed by atoms with Crippen molar-refractivity contribution < 1.29 is 0 Å². The maximum atomic E-state index is 2.58. The van der Waals surface area contributed by atoms with Crippen LogP contribution in [0.15, 0.2) is 164 Å². The maximum absolute atomic E-state index is 2.58. The molecule has 0 saturated carbocycles. The zero-order valence-corrected chi connectivity index (χ0v) is 28.5. The van der Waals surface area contributed by atoms with E-state index in [4.69, 9.17) is 0 Å². The van der Waals surface area contributed by atoms with Crippen molar-refractivity contribution in [1.29, 1.82) is 0 Å². The van der Waals surface area contributed by atoms with E-state index in [1.807, 2.05) is 0 Å². The van der Waals surface area contributed by atoms with Gasteiger partial charge in [-0.25, -0.2) is 0 Å². The molecule has 0 bridgehead atoms. The van der Waals surface area contributed by atoms with Gasteiger partial charge < -0.3 is 4.57 Å². The molecule has 49 heavy (non-hydrogen) atoms. The second-order valence-electron chi connectivity index (χ2n) is 14.4. The summed E-state index contributed by atoms with van der Waals surface area (Å²) in [6.07, 6.45) is 0. The van der Waals surface area contributed by atoms with Crippen LogP contribution in [-0.2, 0) is 5.41 Å². The zero-order valence-electron chi connectivity index (χ0n) is 27.5. The van der Waals surface area contributed by atoms with Crippen LogP contribution in [0.4, 0.5) is 0 Å². The first-order valence-electron chi connectivity index (χ1n) is 17.4. The van der Waals surface area contributed by atoms with Gasteiger partial charge in [-0.05, 0) is 83.5 Å². The molecule has 0 N–H and O–H groups in total. The molecule has 1 spiro atoms. The molecule has 0 saturated heterocycles. The minimum atomic E-state index is -2.26. The average molecular weight is 640 g/mol. The number of benzene rings is 8. The third-order valence-corrected chi connectivity index (χ3v) is 15.4. The van der Waals surface area contributed by atoms with E-state index in [9.17, 15) is 0 Å². The highest BCUT2D eigenvalue weighted by atomic mass is 28.3. The molecule has 9 aromatic rings. The predicted molar refractivity (Wildman–Crippen MR) is 210 cm³/mol. The second kappa shape index (κ2) is 9.47. The second-order valence-corrected chi connectivity index (χ2v) is 18.7. The fourth-order valence-electron chi connectivity index (χ4n) is 9.96. The lowest BCUT2D eigenvalue weighted by Gasteiger charge is -2.50. The van der Waals surface area contributed by atoms with Gasteiger partial charge in [0.2, 0.25) is 0 Å². The monoisotopic (exact) mass is 639 g/mol. The van der Waals surface area contributed by atoms with E-state index in [1.54, 1.807) is 5.19 Å². The van der Waals surface area contributed by atoms with Gasteiger partial charge in [0.1, 0.15) is 8.07 Å². The molecule has 0 amide bonds. The molecular formula is C47H33NSi. The third-order valence-electron chi connectivity index (χ3n) is 11.8. The largest absolute Gasteiger partial charge is 0.309 e. The molecule has 3 heterocycles. The Kier molecular flexibility index (Phi) is 5.27. The van der Waals surface area contributed by atoms with Crippen LogP contribution in [-0.4, -0.2) is 12.6 Å². The minimum Gasteiger partial charge on any atom is -0.309 e. The van der Waals surface area contributed by atoms with Crippen molar-refractivity contribution in [3.63, 3.8) is 0 Å². The van der Waals surface area contributed by atoms with Gasteiger partial charge >= 0.3 is 0 Å². The van der Waals surface area contributed by atoms with E-state index in [2.05, 4.69) is 181 Å². The van der Waals surface area contributed by atoms with Gasteiger partial charge in [0.05, 0.1) is 22.1 Å². The number of hydrogen-bond donors (Lipinski definition) is 0. The number of nitrogens with zero attached hydrogens (tertiary/aromatic N) is 1. The summed E-state index contributed by atoms with van der Waals surface area (Å²) in [5.41, 5.74) is 11.7. The Hall–Kier alpha value is -5.70. The van der Waals surface area contributed by atoms with Crippen molar-refractivity contribution in [3.05, 3.63) is 186 Å². The van der Waals surface area contributed by atoms with E-state index < -0.39 is 13.5 Å². The van der Waals surface area contributed by atoms with Crippen molar-refractivity contribution in [2.45, 2.75) is 18.5 Å². The van der Waals surface area contributed by atoms with Crippen LogP contribution in [0.2, 0.25) is 13.1 Å². The molecule has 0 radical (unpaired) electrons. The van der Waals surface area contributed by atoms with Crippen molar-refractivity contribution in [1.82, 2.24) is 4.57 Å². The Labute approximate surface area is 286 Å². The van der Waals surface area contributed by atoms with Gasteiger partial charge in [-0.3, -0.25) is 0 Å². The number of aromatic nitrogens is 1. The highest BCUT2D eigenvalue weighted by molar-refractivity contribution is 7.02. The Balaban J connectivity index is 1.36. The molecule has 11 rings (SSSR count). The summed E-state index contributed by atoms with van der Waals surface area (Å²) in [5.74, 6) is 0. The summed E-state index contributed by atoms with van der Waals surface area (Å²) in [5, 5.41) is 10.9. The Morgan fingerprint density at radius 2 is 1.06 bits per heavy atom. The normalized spacial score (nSPS) is 17.0. The molecule has 2 aliphatic rings. The van der Waals surface area contributed by atoms with Gasteiger partial charge in [-0.1, -0.05) is 159 Å². The van der Waals surface area contributed by atoms with Crippen LogP contribution in [0.5, 0.6) is 0 Å². The first-order valence-corrected chi connectivity index (χ1v) is 20.4. The van der Waals surface area contributed by atoms with E-state index in [0.717, 1.165) is 0 Å². The van der Waals surface area contributed by atoms with E-state index >= 15 is 0 Å². The molecule has 2 aliphatic heterocycles. The first-order chi connectivity index (χ1) is 24.1. The van der Waals surface area contributed by atoms with Crippen LogP contribution in [0.25, 0.3) is 60.2 Å². The predicted octanol–water partition coefficient (Wildman–Crippen LogP) is 10.6. The summed E-state index contributed by atoms with van der Waals surface area (Å²) in [6, 6.07) is 62.2. The lowest BCUT2D eigenvalue weighted by atomic mass is 9.62. The highest BCUT2D eigenvalue weighted by Crippen LogP contribution is 2.55. The number of hydrogen-bond acceptors (Lipinski definition) is 0. The molecular weight excluding hydrogens is 607 g/mol. The van der Waals surface area contributed by atoms with Crippen molar-refractivity contribution in [2.75, 3.05) is 0 Å². The topological polar surface area (TPSA) is 4.93 Å². The highest BCUT2D eigenvalue weighted by Gasteiger charge is 2.53. The Morgan fingerprint density at radius 3 is 1.94 bits per heavy atom. The van der Waals surface area contributed by atoms with Crippen molar-refractivity contribution in [3.8, 4) is 16.8 Å². The summed E-state index contributed by atoms with van der Waals surface area (Å²) >= 11 is 0. The van der Waals surface area contributed by atoms with Crippen LogP contribution < -0.4 is 10.4 Å². The minimum absolute atomic E-state index is 0.475. The molecule has 8 aromatic carbocycles. The van der Waals surface area contributed by atoms with E-state index in [-0.39, 0.29) is 0 Å². The molecule has 2 heteroatoms. The molecule has 1 atom stereocenters. The van der Waals surface area contributed by atoms with Crippen molar-refractivity contribution >= 4 is 61.8 Å². The zero-order chi connectivity index (χ0) is 32.5. The fraction of sp³-hybridized carbons (Fsp3) is 0.0638. The van der Waals surface area contributed by atoms with Gasteiger partial charge in [0, 0.05) is 10.8 Å². The standard InChI is InChI=1S/C47H33NSi/c1-49(2)44-28-12-9-23-39(44)47(38-22-8-11-27-43(38)48-42-26-10-7-19-34(42)35-20-13-24-40(47)45(35)48)41-25-14-21-36(46(41)49)37-29-30-15-3-4-16-31(30)32-17-5-6-18-33(32)37/h3-29H,1-2H3. The smallest absolute Gasteiger partial charge is 0.113 e. The van der Waals surface area contributed by atoms with Gasteiger partial charge in [0.15, 0.2) is 0 Å². The third kappa shape index (κ3) is 3.25. The SMILES string of the molecule is C[Si]1(C)c2ccccc2C2(c3ccccc3-n3c4ccccc4c4cccc2c43)c2cccc(-c3cc4ccccc4c4ccccc34)c21. The van der Waals surface area contributed by atoms with Crippen LogP contribution in [0.3, 0.4) is 0 Å². The quantitative estimate of drug-likeness (QED) is 0.124. The van der Waals surface area contributed by atoms with Crippen LogP contribution in [0, 0.1) is 0 Å². The summed E-state index contributed by atoms with van der Waals surface area (Å²) in [6.45, 7) is 5.16. The summed E-state index contributed by atoms with van der Waals surface area (Å²) in [7, 11) is -2.26. The number of rotatable bonds is 1. The Morgan fingerprint density at radius 1 is 0.449 bits per heavy atom. The van der Waals surface area contributed by atoms with Crippen LogP contribution >= 0.6 is 0 Å². The molecule has 1 aromatic heterocycles. The maximum Gasteiger partial charge on any atom is 0.113 e. The van der Waals surface area contributed by atoms with Gasteiger partial charge in [0.25, 0.3) is 0 Å². The lowest BCUT2D eigenvalue weighted by molar-refractivity contribution is 0.732.